The van der Waals surface area contributed by atoms with Gasteiger partial charge in [0.1, 0.15) is 6.04 Å². The molecule has 82 valence electrons. The second kappa shape index (κ2) is 4.99. The van der Waals surface area contributed by atoms with Gasteiger partial charge in [0.25, 0.3) is 0 Å². The highest BCUT2D eigenvalue weighted by Crippen LogP contribution is 2.33. The van der Waals surface area contributed by atoms with Gasteiger partial charge >= 0.3 is 5.97 Å². The van der Waals surface area contributed by atoms with Crippen molar-refractivity contribution in [1.82, 2.24) is 5.32 Å². The topological polar surface area (TPSA) is 38.3 Å². The Morgan fingerprint density at radius 3 is 2.43 bits per heavy atom. The van der Waals surface area contributed by atoms with Gasteiger partial charge in [-0.15, -0.1) is 12.4 Å². The Balaban J connectivity index is 0.000000980. The predicted molar refractivity (Wildman–Crippen MR) is 56.6 cm³/mol. The van der Waals surface area contributed by atoms with Crippen molar-refractivity contribution in [3.05, 3.63) is 0 Å². The van der Waals surface area contributed by atoms with Crippen molar-refractivity contribution in [2.45, 2.75) is 44.7 Å². The number of esters is 1. The van der Waals surface area contributed by atoms with E-state index < -0.39 is 0 Å². The summed E-state index contributed by atoms with van der Waals surface area (Å²) >= 11 is 0. The number of rotatable bonds is 2. The van der Waals surface area contributed by atoms with E-state index in [1.807, 2.05) is 6.92 Å². The molecule has 3 rings (SSSR count). The van der Waals surface area contributed by atoms with E-state index in [1.54, 1.807) is 0 Å². The molecule has 14 heavy (non-hydrogen) atoms. The lowest BCUT2D eigenvalue weighted by Crippen LogP contribution is -2.56. The summed E-state index contributed by atoms with van der Waals surface area (Å²) in [6, 6.07) is 0.562. The molecule has 0 aromatic heterocycles. The van der Waals surface area contributed by atoms with Gasteiger partial charge in [-0.1, -0.05) is 0 Å². The molecule has 2 bridgehead atoms. The largest absolute Gasteiger partial charge is 0.465 e. The molecular formula is C10H18ClNO2. The second-order valence-corrected chi connectivity index (χ2v) is 4.01. The molecule has 1 N–H and O–H groups in total. The number of ether oxygens (including phenoxy) is 1. The third kappa shape index (κ3) is 2.20. The number of halogens is 1. The van der Waals surface area contributed by atoms with Crippen LogP contribution in [0.25, 0.3) is 0 Å². The Morgan fingerprint density at radius 2 is 2.00 bits per heavy atom. The van der Waals surface area contributed by atoms with E-state index in [4.69, 9.17) is 4.74 Å². The minimum absolute atomic E-state index is 0. The van der Waals surface area contributed by atoms with Crippen molar-refractivity contribution in [2.75, 3.05) is 6.61 Å². The summed E-state index contributed by atoms with van der Waals surface area (Å²) in [5.74, 6) is 0.487. The van der Waals surface area contributed by atoms with Crippen LogP contribution in [-0.2, 0) is 9.53 Å². The normalized spacial score (nSPS) is 34.8. The average molecular weight is 220 g/mol. The highest BCUT2D eigenvalue weighted by atomic mass is 35.5. The summed E-state index contributed by atoms with van der Waals surface area (Å²) in [5, 5.41) is 3.36. The van der Waals surface area contributed by atoms with Crippen LogP contribution >= 0.6 is 12.4 Å². The summed E-state index contributed by atoms with van der Waals surface area (Å²) < 4.78 is 5.03. The maximum absolute atomic E-state index is 11.5. The fourth-order valence-electron chi connectivity index (χ4n) is 2.50. The van der Waals surface area contributed by atoms with Crippen molar-refractivity contribution in [3.8, 4) is 0 Å². The van der Waals surface area contributed by atoms with Crippen molar-refractivity contribution >= 4 is 18.4 Å². The predicted octanol–water partition coefficient (Wildman–Crippen LogP) is 1.50. The second-order valence-electron chi connectivity index (χ2n) is 4.01. The van der Waals surface area contributed by atoms with Crippen molar-refractivity contribution in [2.24, 2.45) is 5.92 Å². The first-order valence-corrected chi connectivity index (χ1v) is 5.24. The van der Waals surface area contributed by atoms with Gasteiger partial charge in [-0.2, -0.15) is 0 Å². The highest BCUT2D eigenvalue weighted by Gasteiger charge is 2.39. The summed E-state index contributed by atoms with van der Waals surface area (Å²) in [6.07, 6.45) is 4.86. The zero-order valence-corrected chi connectivity index (χ0v) is 9.31. The van der Waals surface area contributed by atoms with E-state index in [0.29, 0.717) is 18.6 Å². The van der Waals surface area contributed by atoms with Gasteiger partial charge in [0, 0.05) is 6.04 Å². The van der Waals surface area contributed by atoms with Gasteiger partial charge in [0.15, 0.2) is 0 Å². The fraction of sp³-hybridized carbons (Fsp3) is 0.900. The molecule has 1 unspecified atom stereocenters. The summed E-state index contributed by atoms with van der Waals surface area (Å²) in [7, 11) is 0. The smallest absolute Gasteiger partial charge is 0.323 e. The molecule has 3 nitrogen and oxygen atoms in total. The van der Waals surface area contributed by atoms with E-state index in [2.05, 4.69) is 5.32 Å². The summed E-state index contributed by atoms with van der Waals surface area (Å²) in [6.45, 7) is 2.35. The number of fused-ring (bicyclic) bond motifs is 3. The molecule has 2 saturated heterocycles. The Labute approximate surface area is 91.0 Å². The molecule has 0 amide bonds. The lowest BCUT2D eigenvalue weighted by atomic mass is 9.76. The maximum atomic E-state index is 11.5. The molecule has 3 fully saturated rings. The molecule has 2 aliphatic heterocycles. The minimum Gasteiger partial charge on any atom is -0.465 e. The van der Waals surface area contributed by atoms with Gasteiger partial charge in [0.2, 0.25) is 0 Å². The van der Waals surface area contributed by atoms with Crippen LogP contribution in [0, 0.1) is 5.92 Å². The Kier molecular flexibility index (Phi) is 4.20. The lowest BCUT2D eigenvalue weighted by molar-refractivity contribution is -0.149. The number of hydrogen-bond donors (Lipinski definition) is 1. The molecule has 0 spiro atoms. The Bertz CT molecular complexity index is 202. The fourth-order valence-corrected chi connectivity index (χ4v) is 2.50. The number of piperidine rings is 2. The van der Waals surface area contributed by atoms with Gasteiger partial charge in [-0.3, -0.25) is 4.79 Å². The van der Waals surface area contributed by atoms with E-state index in [0.717, 1.165) is 0 Å². The zero-order valence-electron chi connectivity index (χ0n) is 8.49. The average Bonchev–Trinajstić information content (AvgIpc) is 2.20. The Morgan fingerprint density at radius 1 is 1.36 bits per heavy atom. The quantitative estimate of drug-likeness (QED) is 0.716. The Hall–Kier alpha value is -0.280. The van der Waals surface area contributed by atoms with Crippen LogP contribution in [0.3, 0.4) is 0 Å². The van der Waals surface area contributed by atoms with E-state index >= 15 is 0 Å². The molecule has 1 atom stereocenters. The SMILES string of the molecule is CCOC(=O)C1NC2CCC1CC2.Cl. The molecule has 1 saturated carbocycles. The van der Waals surface area contributed by atoms with Crippen molar-refractivity contribution < 1.29 is 9.53 Å². The van der Waals surface area contributed by atoms with E-state index in [9.17, 15) is 4.79 Å². The highest BCUT2D eigenvalue weighted by molar-refractivity contribution is 5.85. The zero-order chi connectivity index (χ0) is 9.26. The van der Waals surface area contributed by atoms with Gasteiger partial charge < -0.3 is 10.1 Å². The third-order valence-corrected chi connectivity index (χ3v) is 3.20. The minimum atomic E-state index is -0.0445. The molecule has 0 aromatic rings. The number of nitrogens with one attached hydrogen (secondary N) is 1. The molecule has 0 aromatic carbocycles. The summed E-state index contributed by atoms with van der Waals surface area (Å²) in [4.78, 5) is 11.5. The first kappa shape index (κ1) is 11.8. The van der Waals surface area contributed by atoms with Crippen LogP contribution < -0.4 is 5.32 Å². The summed E-state index contributed by atoms with van der Waals surface area (Å²) in [5.41, 5.74) is 0. The first-order chi connectivity index (χ1) is 6.31. The van der Waals surface area contributed by atoms with Crippen LogP contribution in [0.5, 0.6) is 0 Å². The molecular weight excluding hydrogens is 202 g/mol. The van der Waals surface area contributed by atoms with Gasteiger partial charge in [-0.25, -0.2) is 0 Å². The van der Waals surface area contributed by atoms with E-state index in [1.165, 1.54) is 25.7 Å². The van der Waals surface area contributed by atoms with Crippen LogP contribution in [0.2, 0.25) is 0 Å². The third-order valence-electron chi connectivity index (χ3n) is 3.20. The monoisotopic (exact) mass is 219 g/mol. The first-order valence-electron chi connectivity index (χ1n) is 5.24. The van der Waals surface area contributed by atoms with E-state index in [-0.39, 0.29) is 24.4 Å². The molecule has 3 aliphatic rings. The van der Waals surface area contributed by atoms with Crippen LogP contribution in [0.15, 0.2) is 0 Å². The van der Waals surface area contributed by atoms with Crippen LogP contribution in [0.4, 0.5) is 0 Å². The van der Waals surface area contributed by atoms with Crippen molar-refractivity contribution in [3.63, 3.8) is 0 Å². The number of hydrogen-bond acceptors (Lipinski definition) is 3. The molecule has 1 aliphatic carbocycles. The van der Waals surface area contributed by atoms with Crippen molar-refractivity contribution in [1.29, 1.82) is 0 Å². The molecule has 4 heteroatoms. The van der Waals surface area contributed by atoms with Gasteiger partial charge in [-0.05, 0) is 38.5 Å². The van der Waals surface area contributed by atoms with Crippen LogP contribution in [0.1, 0.15) is 32.6 Å². The van der Waals surface area contributed by atoms with Crippen LogP contribution in [-0.4, -0.2) is 24.7 Å². The number of carbonyl (C=O) groups is 1. The molecule has 0 radical (unpaired) electrons. The van der Waals surface area contributed by atoms with Gasteiger partial charge in [0.05, 0.1) is 6.61 Å². The number of carbonyl (C=O) groups excluding carboxylic acids is 1. The molecule has 2 heterocycles. The maximum Gasteiger partial charge on any atom is 0.323 e. The lowest BCUT2D eigenvalue weighted by Gasteiger charge is -2.42. The standard InChI is InChI=1S/C10H17NO2.ClH/c1-2-13-10(12)9-7-3-5-8(11-9)6-4-7;/h7-9,11H,2-6H2,1H3;1H.